The van der Waals surface area contributed by atoms with Crippen molar-refractivity contribution in [2.45, 2.75) is 86.0 Å². The minimum atomic E-state index is 0.0376. The lowest BCUT2D eigenvalue weighted by Gasteiger charge is -2.50. The summed E-state index contributed by atoms with van der Waals surface area (Å²) in [6.45, 7) is 26.9. The number of likely N-dealkylation sites (N-methyl/N-ethyl adjacent to an activating group) is 2. The van der Waals surface area contributed by atoms with Crippen LogP contribution in [-0.2, 0) is 0 Å². The summed E-state index contributed by atoms with van der Waals surface area (Å²) >= 11 is 0. The van der Waals surface area contributed by atoms with Crippen molar-refractivity contribution in [3.8, 4) is 0 Å². The van der Waals surface area contributed by atoms with E-state index in [4.69, 9.17) is 0 Å². The molecule has 0 atom stereocenters. The van der Waals surface area contributed by atoms with Gasteiger partial charge in [-0.3, -0.25) is 9.80 Å². The van der Waals surface area contributed by atoms with E-state index in [0.717, 1.165) is 19.8 Å². The summed E-state index contributed by atoms with van der Waals surface area (Å²) in [4.78, 5) is 10.2. The Labute approximate surface area is 235 Å². The van der Waals surface area contributed by atoms with E-state index in [1.165, 1.54) is 11.4 Å². The highest BCUT2D eigenvalue weighted by Gasteiger charge is 2.56. The highest BCUT2D eigenvalue weighted by Crippen LogP contribution is 2.48. The molecule has 2 aliphatic heterocycles. The Morgan fingerprint density at radius 2 is 1.00 bits per heavy atom. The average molecular weight is 521 g/mol. The van der Waals surface area contributed by atoms with Crippen LogP contribution in [0.5, 0.6) is 0 Å². The molecule has 4 nitrogen and oxygen atoms in total. The molecular weight excluding hydrogens is 464 g/mol. The zero-order valence-electron chi connectivity index (χ0n) is 26.5. The molecule has 0 saturated carbocycles. The third-order valence-corrected chi connectivity index (χ3v) is 9.88. The minimum absolute atomic E-state index is 0.0376. The number of anilines is 2. The van der Waals surface area contributed by atoms with E-state index in [-0.39, 0.29) is 16.7 Å². The Morgan fingerprint density at radius 1 is 0.579 bits per heavy atom. The summed E-state index contributed by atoms with van der Waals surface area (Å²) in [6.07, 6.45) is 0. The van der Waals surface area contributed by atoms with Gasteiger partial charge in [-0.25, -0.2) is 0 Å². The topological polar surface area (TPSA) is 13.0 Å². The average Bonchev–Trinajstić information content (AvgIpc) is 3.33. The number of nitrogens with zero attached hydrogens (tertiary/aromatic N) is 4. The zero-order chi connectivity index (χ0) is 28.5. The van der Waals surface area contributed by atoms with Gasteiger partial charge in [0, 0.05) is 24.5 Å². The van der Waals surface area contributed by atoms with E-state index in [0.29, 0.717) is 23.7 Å². The third-order valence-electron chi connectivity index (χ3n) is 9.88. The highest BCUT2D eigenvalue weighted by atomic mass is 15.5. The van der Waals surface area contributed by atoms with Gasteiger partial charge in [0.15, 0.2) is 0 Å². The molecule has 0 bridgehead atoms. The van der Waals surface area contributed by atoms with E-state index in [2.05, 4.69) is 164 Å². The van der Waals surface area contributed by atoms with Crippen molar-refractivity contribution in [2.24, 2.45) is 23.7 Å². The Morgan fingerprint density at radius 3 is 1.42 bits per heavy atom. The molecule has 0 radical (unpaired) electrons. The van der Waals surface area contributed by atoms with Crippen molar-refractivity contribution in [1.29, 1.82) is 0 Å². The van der Waals surface area contributed by atoms with Crippen LogP contribution in [0.4, 0.5) is 11.4 Å². The predicted octanol–water partition coefficient (Wildman–Crippen LogP) is 7.67. The van der Waals surface area contributed by atoms with Gasteiger partial charge in [-0.2, -0.15) is 0 Å². The first-order chi connectivity index (χ1) is 17.7. The van der Waals surface area contributed by atoms with E-state index >= 15 is 0 Å². The molecule has 2 aromatic carbocycles. The van der Waals surface area contributed by atoms with E-state index in [1.807, 2.05) is 0 Å². The van der Waals surface area contributed by atoms with Gasteiger partial charge in [-0.15, -0.1) is 0 Å². The minimum Gasteiger partial charge on any atom is -0.351 e. The second kappa shape index (κ2) is 11.6. The molecule has 0 aromatic heterocycles. The maximum absolute atomic E-state index is 2.66. The molecule has 38 heavy (non-hydrogen) atoms. The summed E-state index contributed by atoms with van der Waals surface area (Å²) in [5, 5.41) is 0. The summed E-state index contributed by atoms with van der Waals surface area (Å²) in [6, 6.07) is 21.7. The van der Waals surface area contributed by atoms with Gasteiger partial charge in [0.05, 0.1) is 23.4 Å². The summed E-state index contributed by atoms with van der Waals surface area (Å²) < 4.78 is 0. The normalized spacial score (nSPS) is 21.1. The Balaban J connectivity index is 0.000000212. The first-order valence-electron chi connectivity index (χ1n) is 14.8. The Kier molecular flexibility index (Phi) is 9.31. The molecule has 4 heteroatoms. The molecule has 0 spiro atoms. The van der Waals surface area contributed by atoms with Crippen molar-refractivity contribution in [2.75, 3.05) is 43.7 Å². The molecule has 0 amide bonds. The van der Waals surface area contributed by atoms with Crippen LogP contribution in [0, 0.1) is 23.7 Å². The van der Waals surface area contributed by atoms with Gasteiger partial charge in [0.25, 0.3) is 0 Å². The van der Waals surface area contributed by atoms with Gasteiger partial charge in [0.2, 0.25) is 0 Å². The standard InChI is InChI=1S/C18H30N2.C16H26N2/c1-14(2)18(15(3)4)13-19(7)17(5,6)20(18)16-11-9-8-10-12-16;1-13(2)16(14(3)4)11-17(5)12-18(16)15-9-7-6-8-10-15/h8-12,14-15H,13H2,1-7H3;6-10,13-14H,11-12H2,1-5H3. The van der Waals surface area contributed by atoms with Crippen LogP contribution in [-0.4, -0.2) is 60.4 Å². The van der Waals surface area contributed by atoms with E-state index in [9.17, 15) is 0 Å². The quantitative estimate of drug-likeness (QED) is 0.387. The van der Waals surface area contributed by atoms with Gasteiger partial charge in [-0.1, -0.05) is 91.8 Å². The number of para-hydroxylation sites is 2. The molecule has 2 aliphatic rings. The first-order valence-corrected chi connectivity index (χ1v) is 14.8. The van der Waals surface area contributed by atoms with Crippen molar-refractivity contribution in [3.63, 3.8) is 0 Å². The fraction of sp³-hybridized carbons (Fsp3) is 0.647. The van der Waals surface area contributed by atoms with Crippen LogP contribution in [0.3, 0.4) is 0 Å². The fourth-order valence-corrected chi connectivity index (χ4v) is 7.53. The smallest absolute Gasteiger partial charge is 0.0880 e. The largest absolute Gasteiger partial charge is 0.351 e. The highest BCUT2D eigenvalue weighted by molar-refractivity contribution is 5.54. The predicted molar refractivity (Wildman–Crippen MR) is 167 cm³/mol. The number of rotatable bonds is 6. The van der Waals surface area contributed by atoms with E-state index < -0.39 is 0 Å². The van der Waals surface area contributed by atoms with Crippen molar-refractivity contribution in [3.05, 3.63) is 60.7 Å². The molecule has 2 aromatic rings. The first kappa shape index (κ1) is 30.5. The van der Waals surface area contributed by atoms with Crippen LogP contribution >= 0.6 is 0 Å². The molecular formula is C34H56N4. The Hall–Kier alpha value is -2.04. The SMILES string of the molecule is CC(C)C1(C(C)C)CN(C)C(C)(C)N1c1ccccc1.CC(C)C1(C(C)C)CN(C)CN1c1ccccc1. The molecule has 212 valence electrons. The molecule has 4 rings (SSSR count). The Bertz CT molecular complexity index is 980. The molecule has 2 saturated heterocycles. The molecule has 0 unspecified atom stereocenters. The van der Waals surface area contributed by atoms with Crippen molar-refractivity contribution >= 4 is 11.4 Å². The number of hydrogen-bond acceptors (Lipinski definition) is 4. The van der Waals surface area contributed by atoms with Crippen molar-refractivity contribution in [1.82, 2.24) is 9.80 Å². The van der Waals surface area contributed by atoms with Crippen LogP contribution in [0.2, 0.25) is 0 Å². The van der Waals surface area contributed by atoms with Crippen molar-refractivity contribution < 1.29 is 0 Å². The molecule has 2 fully saturated rings. The van der Waals surface area contributed by atoms with Gasteiger partial charge >= 0.3 is 0 Å². The number of benzene rings is 2. The maximum atomic E-state index is 2.66. The van der Waals surface area contributed by atoms with Gasteiger partial charge in [0.1, 0.15) is 0 Å². The number of hydrogen-bond donors (Lipinski definition) is 0. The van der Waals surface area contributed by atoms with E-state index in [1.54, 1.807) is 0 Å². The third kappa shape index (κ3) is 5.23. The van der Waals surface area contributed by atoms with Gasteiger partial charge in [-0.05, 0) is 75.9 Å². The van der Waals surface area contributed by atoms with Crippen LogP contribution in [0.1, 0.15) is 69.2 Å². The lowest BCUT2D eigenvalue weighted by molar-refractivity contribution is 0.210. The van der Waals surface area contributed by atoms with Gasteiger partial charge < -0.3 is 9.80 Å². The van der Waals surface area contributed by atoms with Crippen LogP contribution in [0.25, 0.3) is 0 Å². The molecule has 0 N–H and O–H groups in total. The summed E-state index contributed by atoms with van der Waals surface area (Å²) in [5.41, 5.74) is 3.15. The second-order valence-corrected chi connectivity index (χ2v) is 13.5. The lowest BCUT2D eigenvalue weighted by Crippen LogP contribution is -2.59. The van der Waals surface area contributed by atoms with Crippen LogP contribution < -0.4 is 9.80 Å². The molecule has 0 aliphatic carbocycles. The monoisotopic (exact) mass is 520 g/mol. The van der Waals surface area contributed by atoms with Crippen LogP contribution in [0.15, 0.2) is 60.7 Å². The zero-order valence-corrected chi connectivity index (χ0v) is 26.5. The summed E-state index contributed by atoms with van der Waals surface area (Å²) in [5.74, 6) is 2.49. The fourth-order valence-electron chi connectivity index (χ4n) is 7.53. The maximum Gasteiger partial charge on any atom is 0.0880 e. The second-order valence-electron chi connectivity index (χ2n) is 13.5. The summed E-state index contributed by atoms with van der Waals surface area (Å²) in [7, 11) is 4.48. The molecule has 2 heterocycles. The lowest BCUT2D eigenvalue weighted by atomic mass is 9.75.